The number of hydrogen-bond donors (Lipinski definition) is 3. The SMILES string of the molecule is C[C@H](O)[C@@H](N)c1cc(F)ccc1N. The summed E-state index contributed by atoms with van der Waals surface area (Å²) in [6.07, 6.45) is -0.746. The van der Waals surface area contributed by atoms with Crippen LogP contribution in [0.25, 0.3) is 0 Å². The summed E-state index contributed by atoms with van der Waals surface area (Å²) in [4.78, 5) is 0. The van der Waals surface area contributed by atoms with Crippen molar-refractivity contribution < 1.29 is 9.50 Å². The van der Waals surface area contributed by atoms with Gasteiger partial charge < -0.3 is 16.6 Å². The Hall–Kier alpha value is -1.13. The molecule has 0 aliphatic rings. The van der Waals surface area contributed by atoms with E-state index in [0.29, 0.717) is 11.3 Å². The molecular formula is C9H13FN2O. The number of nitrogen functional groups attached to an aromatic ring is 1. The van der Waals surface area contributed by atoms with Crippen LogP contribution in [0.3, 0.4) is 0 Å². The van der Waals surface area contributed by atoms with E-state index in [4.69, 9.17) is 11.5 Å². The van der Waals surface area contributed by atoms with Crippen LogP contribution in [0.2, 0.25) is 0 Å². The molecule has 0 aliphatic heterocycles. The van der Waals surface area contributed by atoms with Crippen LogP contribution in [-0.4, -0.2) is 11.2 Å². The third kappa shape index (κ3) is 2.17. The number of aliphatic hydroxyl groups is 1. The number of halogens is 1. The molecule has 3 nitrogen and oxygen atoms in total. The molecule has 0 aliphatic carbocycles. The fraction of sp³-hybridized carbons (Fsp3) is 0.333. The highest BCUT2D eigenvalue weighted by Crippen LogP contribution is 2.21. The van der Waals surface area contributed by atoms with Crippen molar-refractivity contribution in [3.8, 4) is 0 Å². The highest BCUT2D eigenvalue weighted by atomic mass is 19.1. The predicted molar refractivity (Wildman–Crippen MR) is 49.4 cm³/mol. The molecule has 0 radical (unpaired) electrons. The van der Waals surface area contributed by atoms with Gasteiger partial charge in [-0.3, -0.25) is 0 Å². The largest absolute Gasteiger partial charge is 0.398 e. The molecule has 0 unspecified atom stereocenters. The molecule has 1 aromatic rings. The van der Waals surface area contributed by atoms with Crippen molar-refractivity contribution in [2.45, 2.75) is 19.1 Å². The smallest absolute Gasteiger partial charge is 0.123 e. The van der Waals surface area contributed by atoms with Gasteiger partial charge in [0.25, 0.3) is 0 Å². The second kappa shape index (κ2) is 3.72. The number of anilines is 1. The monoisotopic (exact) mass is 184 g/mol. The van der Waals surface area contributed by atoms with Gasteiger partial charge in [0.05, 0.1) is 12.1 Å². The normalized spacial score (nSPS) is 15.4. The van der Waals surface area contributed by atoms with Crippen LogP contribution in [0.1, 0.15) is 18.5 Å². The first-order chi connectivity index (χ1) is 6.02. The Morgan fingerprint density at radius 2 is 2.08 bits per heavy atom. The maximum Gasteiger partial charge on any atom is 0.123 e. The number of hydrogen-bond acceptors (Lipinski definition) is 3. The van der Waals surface area contributed by atoms with Gasteiger partial charge >= 0.3 is 0 Å². The van der Waals surface area contributed by atoms with Gasteiger partial charge in [-0.15, -0.1) is 0 Å². The summed E-state index contributed by atoms with van der Waals surface area (Å²) in [6, 6.07) is 3.29. The molecule has 0 amide bonds. The van der Waals surface area contributed by atoms with E-state index >= 15 is 0 Å². The first-order valence-corrected chi connectivity index (χ1v) is 4.01. The molecule has 5 N–H and O–H groups in total. The van der Waals surface area contributed by atoms with Gasteiger partial charge in [-0.2, -0.15) is 0 Å². The first kappa shape index (κ1) is 9.95. The molecule has 1 aromatic carbocycles. The zero-order valence-corrected chi connectivity index (χ0v) is 7.37. The van der Waals surface area contributed by atoms with E-state index in [1.807, 2.05) is 0 Å². The van der Waals surface area contributed by atoms with Crippen molar-refractivity contribution in [3.63, 3.8) is 0 Å². The Labute approximate surface area is 76.2 Å². The lowest BCUT2D eigenvalue weighted by molar-refractivity contribution is 0.164. The van der Waals surface area contributed by atoms with Gasteiger partial charge in [-0.05, 0) is 30.7 Å². The molecule has 4 heteroatoms. The lowest BCUT2D eigenvalue weighted by Crippen LogP contribution is -2.24. The standard InChI is InChI=1S/C9H13FN2O/c1-5(13)9(12)7-4-6(10)2-3-8(7)11/h2-5,9,13H,11-12H2,1H3/t5-,9+/m0/s1. The number of aliphatic hydroxyl groups excluding tert-OH is 1. The fourth-order valence-electron chi connectivity index (χ4n) is 1.09. The molecule has 0 saturated heterocycles. The lowest BCUT2D eigenvalue weighted by Gasteiger charge is -2.16. The Balaban J connectivity index is 3.05. The van der Waals surface area contributed by atoms with Crippen molar-refractivity contribution in [3.05, 3.63) is 29.6 Å². The van der Waals surface area contributed by atoms with Crippen LogP contribution in [-0.2, 0) is 0 Å². The van der Waals surface area contributed by atoms with E-state index in [-0.39, 0.29) is 0 Å². The van der Waals surface area contributed by atoms with Gasteiger partial charge in [0, 0.05) is 5.69 Å². The average Bonchev–Trinajstić information content (AvgIpc) is 2.08. The van der Waals surface area contributed by atoms with Gasteiger partial charge in [-0.25, -0.2) is 4.39 Å². The van der Waals surface area contributed by atoms with E-state index in [1.165, 1.54) is 25.1 Å². The van der Waals surface area contributed by atoms with Gasteiger partial charge in [0.2, 0.25) is 0 Å². The van der Waals surface area contributed by atoms with Crippen LogP contribution < -0.4 is 11.5 Å². The van der Waals surface area contributed by atoms with E-state index in [2.05, 4.69) is 0 Å². The highest BCUT2D eigenvalue weighted by Gasteiger charge is 2.15. The minimum Gasteiger partial charge on any atom is -0.398 e. The van der Waals surface area contributed by atoms with Crippen molar-refractivity contribution in [1.29, 1.82) is 0 Å². The molecule has 0 saturated carbocycles. The summed E-state index contributed by atoms with van der Waals surface area (Å²) in [6.45, 7) is 1.54. The highest BCUT2D eigenvalue weighted by molar-refractivity contribution is 5.48. The zero-order valence-electron chi connectivity index (χ0n) is 7.37. The molecule has 0 spiro atoms. The lowest BCUT2D eigenvalue weighted by atomic mass is 10.0. The summed E-state index contributed by atoms with van der Waals surface area (Å²) < 4.78 is 12.8. The Kier molecular flexibility index (Phi) is 2.85. The molecule has 0 fully saturated rings. The topological polar surface area (TPSA) is 72.3 Å². The van der Waals surface area contributed by atoms with Crippen LogP contribution in [0, 0.1) is 5.82 Å². The second-order valence-electron chi connectivity index (χ2n) is 3.04. The van der Waals surface area contributed by atoms with Crippen molar-refractivity contribution in [2.24, 2.45) is 5.73 Å². The third-order valence-electron chi connectivity index (χ3n) is 1.93. The van der Waals surface area contributed by atoms with Gasteiger partial charge in [0.1, 0.15) is 5.82 Å². The number of benzene rings is 1. The average molecular weight is 184 g/mol. The molecule has 1 rings (SSSR count). The fourth-order valence-corrected chi connectivity index (χ4v) is 1.09. The summed E-state index contributed by atoms with van der Waals surface area (Å²) in [5.41, 5.74) is 12.0. The van der Waals surface area contributed by atoms with Crippen LogP contribution >= 0.6 is 0 Å². The van der Waals surface area contributed by atoms with Crippen molar-refractivity contribution >= 4 is 5.69 Å². The Bertz CT molecular complexity index is 302. The predicted octanol–water partition coefficient (Wildman–Crippen LogP) is 0.789. The van der Waals surface area contributed by atoms with E-state index in [9.17, 15) is 9.50 Å². The van der Waals surface area contributed by atoms with Gasteiger partial charge in [0.15, 0.2) is 0 Å². The van der Waals surface area contributed by atoms with Crippen molar-refractivity contribution in [1.82, 2.24) is 0 Å². The molecular weight excluding hydrogens is 171 g/mol. The molecule has 2 atom stereocenters. The van der Waals surface area contributed by atoms with E-state index in [1.54, 1.807) is 0 Å². The van der Waals surface area contributed by atoms with Crippen LogP contribution in [0.5, 0.6) is 0 Å². The second-order valence-corrected chi connectivity index (χ2v) is 3.04. The van der Waals surface area contributed by atoms with Gasteiger partial charge in [-0.1, -0.05) is 0 Å². The summed E-state index contributed by atoms with van der Waals surface area (Å²) in [5.74, 6) is -0.402. The first-order valence-electron chi connectivity index (χ1n) is 4.01. The summed E-state index contributed by atoms with van der Waals surface area (Å²) in [7, 11) is 0. The molecule has 0 aromatic heterocycles. The van der Waals surface area contributed by atoms with E-state index < -0.39 is 18.0 Å². The maximum absolute atomic E-state index is 12.8. The molecule has 13 heavy (non-hydrogen) atoms. The Morgan fingerprint density at radius 3 is 2.62 bits per heavy atom. The van der Waals surface area contributed by atoms with Crippen molar-refractivity contribution in [2.75, 3.05) is 5.73 Å². The number of rotatable bonds is 2. The maximum atomic E-state index is 12.8. The van der Waals surface area contributed by atoms with Crippen LogP contribution in [0.15, 0.2) is 18.2 Å². The number of nitrogens with two attached hydrogens (primary N) is 2. The Morgan fingerprint density at radius 1 is 1.46 bits per heavy atom. The molecule has 0 bridgehead atoms. The minimum absolute atomic E-state index is 0.398. The molecule has 72 valence electrons. The quantitative estimate of drug-likeness (QED) is 0.595. The van der Waals surface area contributed by atoms with E-state index in [0.717, 1.165) is 0 Å². The zero-order chi connectivity index (χ0) is 10.0. The molecule has 0 heterocycles. The minimum atomic E-state index is -0.746. The van der Waals surface area contributed by atoms with Crippen LogP contribution in [0.4, 0.5) is 10.1 Å². The summed E-state index contributed by atoms with van der Waals surface area (Å²) >= 11 is 0. The third-order valence-corrected chi connectivity index (χ3v) is 1.93. The summed E-state index contributed by atoms with van der Waals surface area (Å²) in [5, 5.41) is 9.19.